The number of benzene rings is 2. The lowest BCUT2D eigenvalue weighted by Gasteiger charge is -2.13. The molecule has 0 spiro atoms. The van der Waals surface area contributed by atoms with Gasteiger partial charge in [0.05, 0.1) is 23.8 Å². The van der Waals surface area contributed by atoms with Crippen LogP contribution in [0.2, 0.25) is 0 Å². The fourth-order valence-corrected chi connectivity index (χ4v) is 4.07. The number of hydrogen-bond acceptors (Lipinski definition) is 5. The number of rotatable bonds is 7. The van der Waals surface area contributed by atoms with Crippen molar-refractivity contribution in [1.29, 1.82) is 0 Å². The number of aryl methyl sites for hydroxylation is 1. The van der Waals surface area contributed by atoms with Crippen LogP contribution >= 0.6 is 15.9 Å². The molecule has 31 heavy (non-hydrogen) atoms. The molecule has 3 aromatic rings. The number of aromatic nitrogens is 2. The van der Waals surface area contributed by atoms with E-state index in [-0.39, 0.29) is 30.5 Å². The molecule has 1 aromatic heterocycles. The van der Waals surface area contributed by atoms with Gasteiger partial charge in [-0.1, -0.05) is 15.9 Å². The largest absolute Gasteiger partial charge is 0.494 e. The molecule has 0 fully saturated rings. The maximum Gasteiger partial charge on any atom is 0.261 e. The van der Waals surface area contributed by atoms with Crippen LogP contribution in [0.1, 0.15) is 31.4 Å². The van der Waals surface area contributed by atoms with Gasteiger partial charge in [-0.2, -0.15) is 0 Å². The molecule has 8 heteroatoms. The van der Waals surface area contributed by atoms with Crippen LogP contribution < -0.4 is 20.3 Å². The minimum absolute atomic E-state index is 0.142. The van der Waals surface area contributed by atoms with E-state index in [1.54, 1.807) is 12.1 Å². The zero-order valence-electron chi connectivity index (χ0n) is 17.5. The second-order valence-corrected chi connectivity index (χ2v) is 8.48. The highest BCUT2D eigenvalue weighted by Crippen LogP contribution is 2.35. The minimum Gasteiger partial charge on any atom is -0.494 e. The van der Waals surface area contributed by atoms with Gasteiger partial charge in [-0.05, 0) is 44.2 Å². The zero-order chi connectivity index (χ0) is 22.0. The molecule has 0 bridgehead atoms. The van der Waals surface area contributed by atoms with Gasteiger partial charge in [0.25, 0.3) is 5.56 Å². The Kier molecular flexibility index (Phi) is 6.27. The summed E-state index contributed by atoms with van der Waals surface area (Å²) in [7, 11) is 0. The SMILES string of the molecule is CCOc1cc2c(cc1CNC(=O)CCn1cnc3ccc(Br)cc3c1=O)OC(C)C2. The molecule has 1 N–H and O–H groups in total. The summed E-state index contributed by atoms with van der Waals surface area (Å²) in [4.78, 5) is 29.4. The van der Waals surface area contributed by atoms with Gasteiger partial charge in [-0.3, -0.25) is 14.2 Å². The quantitative estimate of drug-likeness (QED) is 0.552. The molecule has 1 aliphatic rings. The van der Waals surface area contributed by atoms with Crippen molar-refractivity contribution in [1.82, 2.24) is 14.9 Å². The number of nitrogens with zero attached hydrogens (tertiary/aromatic N) is 2. The molecule has 4 rings (SSSR count). The van der Waals surface area contributed by atoms with E-state index in [1.165, 1.54) is 10.9 Å². The number of ether oxygens (including phenoxy) is 2. The Labute approximate surface area is 188 Å². The van der Waals surface area contributed by atoms with Crippen LogP contribution in [0.4, 0.5) is 0 Å². The minimum atomic E-state index is -0.164. The number of amides is 1. The molecule has 0 radical (unpaired) electrons. The molecular weight excluding hydrogens is 462 g/mol. The first-order valence-electron chi connectivity index (χ1n) is 10.3. The third kappa shape index (κ3) is 4.74. The maximum absolute atomic E-state index is 12.7. The number of fused-ring (bicyclic) bond motifs is 2. The van der Waals surface area contributed by atoms with Crippen molar-refractivity contribution in [3.8, 4) is 11.5 Å². The molecule has 0 saturated heterocycles. The van der Waals surface area contributed by atoms with E-state index in [0.29, 0.717) is 24.1 Å². The molecule has 2 aromatic carbocycles. The van der Waals surface area contributed by atoms with Gasteiger partial charge in [-0.15, -0.1) is 0 Å². The van der Waals surface area contributed by atoms with E-state index < -0.39 is 0 Å². The first-order valence-corrected chi connectivity index (χ1v) is 11.1. The molecule has 1 amide bonds. The summed E-state index contributed by atoms with van der Waals surface area (Å²) in [6.45, 7) is 5.09. The topological polar surface area (TPSA) is 82.5 Å². The smallest absolute Gasteiger partial charge is 0.261 e. The Hall–Kier alpha value is -2.87. The van der Waals surface area contributed by atoms with E-state index in [0.717, 1.165) is 33.5 Å². The normalized spacial score (nSPS) is 14.9. The summed E-state index contributed by atoms with van der Waals surface area (Å²) in [5.41, 5.74) is 2.46. The molecule has 7 nitrogen and oxygen atoms in total. The summed E-state index contributed by atoms with van der Waals surface area (Å²) < 4.78 is 13.9. The Morgan fingerprint density at radius 3 is 3.00 bits per heavy atom. The molecule has 0 aliphatic carbocycles. The predicted octanol–water partition coefficient (Wildman–Crippen LogP) is 3.59. The number of carbonyl (C=O) groups excluding carboxylic acids is 1. The van der Waals surface area contributed by atoms with Crippen LogP contribution in [-0.2, 0) is 24.3 Å². The summed E-state index contributed by atoms with van der Waals surface area (Å²) in [5.74, 6) is 1.46. The summed E-state index contributed by atoms with van der Waals surface area (Å²) in [6.07, 6.45) is 2.65. The second-order valence-electron chi connectivity index (χ2n) is 7.56. The zero-order valence-corrected chi connectivity index (χ0v) is 19.1. The Morgan fingerprint density at radius 1 is 1.35 bits per heavy atom. The lowest BCUT2D eigenvalue weighted by atomic mass is 10.1. The molecule has 162 valence electrons. The fourth-order valence-electron chi connectivity index (χ4n) is 3.70. The molecule has 1 unspecified atom stereocenters. The van der Waals surface area contributed by atoms with Crippen molar-refractivity contribution in [2.45, 2.75) is 45.9 Å². The van der Waals surface area contributed by atoms with Crippen molar-refractivity contribution >= 4 is 32.7 Å². The fraction of sp³-hybridized carbons (Fsp3) is 0.348. The summed E-state index contributed by atoms with van der Waals surface area (Å²) in [6, 6.07) is 9.32. The number of halogens is 1. The van der Waals surface area contributed by atoms with Crippen LogP contribution in [-0.4, -0.2) is 28.2 Å². The van der Waals surface area contributed by atoms with Crippen LogP contribution in [0.3, 0.4) is 0 Å². The molecule has 0 saturated carbocycles. The maximum atomic E-state index is 12.7. The van der Waals surface area contributed by atoms with Crippen LogP contribution in [0.15, 0.2) is 45.9 Å². The van der Waals surface area contributed by atoms with Crippen LogP contribution in [0, 0.1) is 0 Å². The summed E-state index contributed by atoms with van der Waals surface area (Å²) in [5, 5.41) is 3.44. The predicted molar refractivity (Wildman–Crippen MR) is 122 cm³/mol. The highest BCUT2D eigenvalue weighted by atomic mass is 79.9. The lowest BCUT2D eigenvalue weighted by molar-refractivity contribution is -0.121. The highest BCUT2D eigenvalue weighted by molar-refractivity contribution is 9.10. The van der Waals surface area contributed by atoms with Gasteiger partial charge in [-0.25, -0.2) is 4.98 Å². The van der Waals surface area contributed by atoms with Gasteiger partial charge >= 0.3 is 0 Å². The number of carbonyl (C=O) groups is 1. The Balaban J connectivity index is 1.41. The third-order valence-corrected chi connectivity index (χ3v) is 5.71. The second kappa shape index (κ2) is 9.09. The third-order valence-electron chi connectivity index (χ3n) is 5.22. The molecule has 1 aliphatic heterocycles. The van der Waals surface area contributed by atoms with Gasteiger partial charge in [0.1, 0.15) is 17.6 Å². The average molecular weight is 486 g/mol. The standard InChI is InChI=1S/C23H24BrN3O4/c1-3-30-20-9-15-8-14(2)31-21(15)10-16(20)12-25-22(28)6-7-27-13-26-19-5-4-17(24)11-18(19)23(27)29/h4-5,9-11,13-14H,3,6-8,12H2,1-2H3,(H,25,28). The highest BCUT2D eigenvalue weighted by Gasteiger charge is 2.22. The summed E-state index contributed by atoms with van der Waals surface area (Å²) >= 11 is 3.38. The van der Waals surface area contributed by atoms with Crippen LogP contribution in [0.5, 0.6) is 11.5 Å². The first-order chi connectivity index (χ1) is 14.9. The molecule has 1 atom stereocenters. The van der Waals surface area contributed by atoms with Crippen LogP contribution in [0.25, 0.3) is 10.9 Å². The van der Waals surface area contributed by atoms with E-state index >= 15 is 0 Å². The van der Waals surface area contributed by atoms with Gasteiger partial charge < -0.3 is 14.8 Å². The van der Waals surface area contributed by atoms with E-state index in [9.17, 15) is 9.59 Å². The van der Waals surface area contributed by atoms with Gasteiger partial charge in [0.15, 0.2) is 0 Å². The lowest BCUT2D eigenvalue weighted by Crippen LogP contribution is -2.27. The number of nitrogens with one attached hydrogen (secondary N) is 1. The number of hydrogen-bond donors (Lipinski definition) is 1. The van der Waals surface area contributed by atoms with Crippen molar-refractivity contribution in [2.24, 2.45) is 0 Å². The van der Waals surface area contributed by atoms with Gasteiger partial charge in [0, 0.05) is 41.5 Å². The van der Waals surface area contributed by atoms with Crippen molar-refractivity contribution in [2.75, 3.05) is 6.61 Å². The molecular formula is C23H24BrN3O4. The van der Waals surface area contributed by atoms with E-state index in [2.05, 4.69) is 26.2 Å². The van der Waals surface area contributed by atoms with Crippen molar-refractivity contribution in [3.05, 3.63) is 62.6 Å². The Bertz CT molecular complexity index is 1190. The monoisotopic (exact) mass is 485 g/mol. The van der Waals surface area contributed by atoms with Crippen molar-refractivity contribution in [3.63, 3.8) is 0 Å². The van der Waals surface area contributed by atoms with Crippen molar-refractivity contribution < 1.29 is 14.3 Å². The van der Waals surface area contributed by atoms with E-state index in [4.69, 9.17) is 9.47 Å². The molecule has 2 heterocycles. The van der Waals surface area contributed by atoms with E-state index in [1.807, 2.05) is 32.0 Å². The Morgan fingerprint density at radius 2 is 2.19 bits per heavy atom. The first kappa shape index (κ1) is 21.4. The van der Waals surface area contributed by atoms with Gasteiger partial charge in [0.2, 0.25) is 5.91 Å². The average Bonchev–Trinajstić information content (AvgIpc) is 3.11.